The van der Waals surface area contributed by atoms with Gasteiger partial charge >= 0.3 is 0 Å². The topological polar surface area (TPSA) is 79.4 Å². The first-order valence-corrected chi connectivity index (χ1v) is 8.43. The van der Waals surface area contributed by atoms with Crippen LogP contribution in [-0.4, -0.2) is 25.1 Å². The molecule has 0 aliphatic carbocycles. The minimum Gasteiger partial charge on any atom is -0.375 e. The Balaban J connectivity index is 1.63. The standard InChI is InChI=1S/C20H18N6/c1-2-6-16(7-3-1)23-18(14-17-8-4-5-11-22-17)20-24-19(25-26-20)15-9-12-21-13-10-15/h1-13,18,23H,14H2,(H,24,25,26). The fraction of sp³-hybridized carbons (Fsp3) is 0.100. The van der Waals surface area contributed by atoms with Crippen LogP contribution >= 0.6 is 0 Å². The van der Waals surface area contributed by atoms with E-state index in [1.807, 2.05) is 60.7 Å². The Hall–Kier alpha value is -3.54. The maximum Gasteiger partial charge on any atom is 0.181 e. The normalized spacial score (nSPS) is 11.8. The smallest absolute Gasteiger partial charge is 0.181 e. The number of rotatable bonds is 6. The van der Waals surface area contributed by atoms with Gasteiger partial charge in [0.05, 0.1) is 6.04 Å². The number of nitrogens with one attached hydrogen (secondary N) is 2. The molecular formula is C20H18N6. The monoisotopic (exact) mass is 342 g/mol. The van der Waals surface area contributed by atoms with E-state index in [1.54, 1.807) is 18.6 Å². The summed E-state index contributed by atoms with van der Waals surface area (Å²) in [6.07, 6.45) is 5.97. The number of para-hydroxylation sites is 1. The minimum absolute atomic E-state index is 0.0737. The molecule has 6 heteroatoms. The predicted molar refractivity (Wildman–Crippen MR) is 100 cm³/mol. The van der Waals surface area contributed by atoms with E-state index in [1.165, 1.54) is 0 Å². The Morgan fingerprint density at radius 1 is 0.885 bits per heavy atom. The van der Waals surface area contributed by atoms with Gasteiger partial charge in [-0.2, -0.15) is 5.10 Å². The number of benzene rings is 1. The second-order valence-corrected chi connectivity index (χ2v) is 5.87. The minimum atomic E-state index is -0.0737. The molecule has 1 atom stereocenters. The average molecular weight is 342 g/mol. The van der Waals surface area contributed by atoms with Gasteiger partial charge in [0, 0.05) is 42.0 Å². The summed E-state index contributed by atoms with van der Waals surface area (Å²) in [5.41, 5.74) is 2.94. The van der Waals surface area contributed by atoms with Crippen LogP contribution < -0.4 is 5.32 Å². The molecule has 6 nitrogen and oxygen atoms in total. The lowest BCUT2D eigenvalue weighted by atomic mass is 10.1. The first-order valence-electron chi connectivity index (χ1n) is 8.43. The van der Waals surface area contributed by atoms with Crippen LogP contribution in [0.1, 0.15) is 17.6 Å². The summed E-state index contributed by atoms with van der Waals surface area (Å²) in [5, 5.41) is 11.0. The molecule has 1 unspecified atom stereocenters. The average Bonchev–Trinajstić information content (AvgIpc) is 3.20. The molecule has 0 spiro atoms. The second kappa shape index (κ2) is 7.57. The molecule has 0 aliphatic heterocycles. The van der Waals surface area contributed by atoms with Crippen LogP contribution in [0.15, 0.2) is 79.3 Å². The first-order chi connectivity index (χ1) is 12.9. The number of nitrogens with zero attached hydrogens (tertiary/aromatic N) is 4. The third-order valence-corrected chi connectivity index (χ3v) is 4.03. The lowest BCUT2D eigenvalue weighted by molar-refractivity contribution is 0.704. The maximum absolute atomic E-state index is 4.69. The van der Waals surface area contributed by atoms with Gasteiger partial charge in [0.15, 0.2) is 5.82 Å². The molecule has 3 aromatic heterocycles. The van der Waals surface area contributed by atoms with Crippen molar-refractivity contribution in [2.24, 2.45) is 0 Å². The molecule has 2 N–H and O–H groups in total. The highest BCUT2D eigenvalue weighted by molar-refractivity contribution is 5.53. The van der Waals surface area contributed by atoms with Crippen molar-refractivity contribution >= 4 is 5.69 Å². The fourth-order valence-corrected chi connectivity index (χ4v) is 2.74. The zero-order chi connectivity index (χ0) is 17.6. The van der Waals surface area contributed by atoms with E-state index in [9.17, 15) is 0 Å². The predicted octanol–water partition coefficient (Wildman–Crippen LogP) is 3.66. The van der Waals surface area contributed by atoms with Crippen LogP contribution in [0.4, 0.5) is 5.69 Å². The third kappa shape index (κ3) is 3.75. The molecule has 0 radical (unpaired) electrons. The molecule has 26 heavy (non-hydrogen) atoms. The molecule has 0 fully saturated rings. The molecule has 0 saturated heterocycles. The zero-order valence-corrected chi connectivity index (χ0v) is 14.1. The van der Waals surface area contributed by atoms with Crippen LogP contribution in [0.3, 0.4) is 0 Å². The SMILES string of the molecule is c1ccc(NC(Cc2ccccn2)c2nc(-c3ccncc3)n[nH]2)cc1. The maximum atomic E-state index is 4.69. The Morgan fingerprint density at radius 3 is 2.46 bits per heavy atom. The Bertz CT molecular complexity index is 896. The fourth-order valence-electron chi connectivity index (χ4n) is 2.74. The highest BCUT2D eigenvalue weighted by Crippen LogP contribution is 2.22. The van der Waals surface area contributed by atoms with Gasteiger partial charge in [-0.15, -0.1) is 0 Å². The van der Waals surface area contributed by atoms with Gasteiger partial charge in [-0.1, -0.05) is 24.3 Å². The van der Waals surface area contributed by atoms with Gasteiger partial charge in [0.1, 0.15) is 5.82 Å². The highest BCUT2D eigenvalue weighted by atomic mass is 15.2. The number of hydrogen-bond donors (Lipinski definition) is 2. The van der Waals surface area contributed by atoms with Crippen LogP contribution in [0, 0.1) is 0 Å². The molecular weight excluding hydrogens is 324 g/mol. The summed E-state index contributed by atoms with van der Waals surface area (Å²) in [5.74, 6) is 1.43. The number of pyridine rings is 2. The number of H-pyrrole nitrogens is 1. The van der Waals surface area contributed by atoms with E-state index in [4.69, 9.17) is 0 Å². The van der Waals surface area contributed by atoms with E-state index in [2.05, 4.69) is 30.5 Å². The van der Waals surface area contributed by atoms with Gasteiger partial charge in [0.25, 0.3) is 0 Å². The van der Waals surface area contributed by atoms with E-state index in [-0.39, 0.29) is 6.04 Å². The second-order valence-electron chi connectivity index (χ2n) is 5.87. The third-order valence-electron chi connectivity index (χ3n) is 4.03. The van der Waals surface area contributed by atoms with E-state index in [0.29, 0.717) is 12.2 Å². The van der Waals surface area contributed by atoms with Crippen molar-refractivity contribution in [2.45, 2.75) is 12.5 Å². The highest BCUT2D eigenvalue weighted by Gasteiger charge is 2.18. The van der Waals surface area contributed by atoms with Crippen LogP contribution in [0.2, 0.25) is 0 Å². The molecule has 1 aromatic carbocycles. The van der Waals surface area contributed by atoms with Crippen molar-refractivity contribution in [3.8, 4) is 11.4 Å². The molecule has 0 aliphatic rings. The Kier molecular flexibility index (Phi) is 4.64. The zero-order valence-electron chi connectivity index (χ0n) is 14.1. The summed E-state index contributed by atoms with van der Waals surface area (Å²) in [6.45, 7) is 0. The quantitative estimate of drug-likeness (QED) is 0.559. The van der Waals surface area contributed by atoms with Gasteiger partial charge in [-0.05, 0) is 36.4 Å². The molecule has 4 aromatic rings. The first kappa shape index (κ1) is 16.0. The van der Waals surface area contributed by atoms with Gasteiger partial charge in [0.2, 0.25) is 0 Å². The van der Waals surface area contributed by atoms with Crippen molar-refractivity contribution in [3.63, 3.8) is 0 Å². The summed E-state index contributed by atoms with van der Waals surface area (Å²) in [6, 6.07) is 19.7. The van der Waals surface area contributed by atoms with Crippen molar-refractivity contribution in [1.29, 1.82) is 0 Å². The molecule has 3 heterocycles. The summed E-state index contributed by atoms with van der Waals surface area (Å²) in [4.78, 5) is 13.2. The molecule has 4 rings (SSSR count). The number of anilines is 1. The van der Waals surface area contributed by atoms with Crippen molar-refractivity contribution < 1.29 is 0 Å². The lowest BCUT2D eigenvalue weighted by Crippen LogP contribution is -2.16. The molecule has 128 valence electrons. The van der Waals surface area contributed by atoms with Gasteiger partial charge in [-0.3, -0.25) is 15.1 Å². The van der Waals surface area contributed by atoms with E-state index in [0.717, 1.165) is 22.8 Å². The van der Waals surface area contributed by atoms with Crippen LogP contribution in [0.25, 0.3) is 11.4 Å². The van der Waals surface area contributed by atoms with Crippen LogP contribution in [-0.2, 0) is 6.42 Å². The summed E-state index contributed by atoms with van der Waals surface area (Å²) in [7, 11) is 0. The summed E-state index contributed by atoms with van der Waals surface area (Å²) >= 11 is 0. The largest absolute Gasteiger partial charge is 0.375 e. The van der Waals surface area contributed by atoms with Crippen molar-refractivity contribution in [1.82, 2.24) is 25.1 Å². The van der Waals surface area contributed by atoms with Crippen LogP contribution in [0.5, 0.6) is 0 Å². The van der Waals surface area contributed by atoms with E-state index >= 15 is 0 Å². The van der Waals surface area contributed by atoms with Crippen molar-refractivity contribution in [3.05, 3.63) is 90.8 Å². The number of aromatic amines is 1. The lowest BCUT2D eigenvalue weighted by Gasteiger charge is -2.17. The van der Waals surface area contributed by atoms with E-state index < -0.39 is 0 Å². The number of aromatic nitrogens is 5. The van der Waals surface area contributed by atoms with Crippen molar-refractivity contribution in [2.75, 3.05) is 5.32 Å². The van der Waals surface area contributed by atoms with Gasteiger partial charge < -0.3 is 5.32 Å². The molecule has 0 saturated carbocycles. The number of hydrogen-bond acceptors (Lipinski definition) is 5. The Morgan fingerprint density at radius 2 is 1.69 bits per heavy atom. The molecule has 0 bridgehead atoms. The Labute approximate surface area is 151 Å². The van der Waals surface area contributed by atoms with Gasteiger partial charge in [-0.25, -0.2) is 4.98 Å². The summed E-state index contributed by atoms with van der Waals surface area (Å²) < 4.78 is 0. The molecule has 0 amide bonds.